The molecule has 0 spiro atoms. The van der Waals surface area contributed by atoms with Crippen LogP contribution in [0.3, 0.4) is 0 Å². The van der Waals surface area contributed by atoms with Crippen LogP contribution in [0.4, 0.5) is 0 Å². The van der Waals surface area contributed by atoms with Crippen LogP contribution in [0.5, 0.6) is 0 Å². The van der Waals surface area contributed by atoms with Crippen LogP contribution in [0.25, 0.3) is 0 Å². The molecule has 0 radical (unpaired) electrons. The Morgan fingerprint density at radius 1 is 1.56 bits per heavy atom. The minimum Gasteiger partial charge on any atom is -0.350 e. The van der Waals surface area contributed by atoms with Crippen LogP contribution in [0, 0.1) is 0 Å². The Morgan fingerprint density at radius 2 is 2.28 bits per heavy atom. The molecule has 1 amide bonds. The number of carbonyl (C=O) groups is 1. The zero-order valence-electron chi connectivity index (χ0n) is 10.6. The highest BCUT2D eigenvalue weighted by atomic mass is 35.5. The van der Waals surface area contributed by atoms with E-state index in [-0.39, 0.29) is 17.5 Å². The van der Waals surface area contributed by atoms with Gasteiger partial charge in [0.15, 0.2) is 0 Å². The summed E-state index contributed by atoms with van der Waals surface area (Å²) in [6.45, 7) is 1.95. The van der Waals surface area contributed by atoms with Gasteiger partial charge in [0.25, 0.3) is 0 Å². The lowest BCUT2D eigenvalue weighted by atomic mass is 9.75. The quantitative estimate of drug-likeness (QED) is 0.880. The minimum atomic E-state index is -0.266. The van der Waals surface area contributed by atoms with Gasteiger partial charge in [-0.15, -0.1) is 0 Å². The van der Waals surface area contributed by atoms with Crippen molar-refractivity contribution in [3.63, 3.8) is 0 Å². The molecular formula is C14H19ClN2O. The molecule has 0 saturated heterocycles. The molecule has 1 aromatic rings. The van der Waals surface area contributed by atoms with Crippen molar-refractivity contribution in [2.75, 3.05) is 0 Å². The van der Waals surface area contributed by atoms with Gasteiger partial charge in [0, 0.05) is 17.0 Å². The van der Waals surface area contributed by atoms with Crippen LogP contribution in [0.2, 0.25) is 5.02 Å². The van der Waals surface area contributed by atoms with Crippen LogP contribution in [-0.2, 0) is 4.79 Å². The fraction of sp³-hybridized carbons (Fsp3) is 0.500. The molecule has 3 N–H and O–H groups in total. The van der Waals surface area contributed by atoms with E-state index in [1.54, 1.807) is 0 Å². The Hall–Kier alpha value is -1.06. The molecule has 1 atom stereocenters. The predicted octanol–water partition coefficient (Wildman–Crippen LogP) is 2.79. The fourth-order valence-electron chi connectivity index (χ4n) is 2.28. The lowest BCUT2D eigenvalue weighted by molar-refractivity contribution is -0.123. The number of amides is 1. The molecule has 1 saturated carbocycles. The van der Waals surface area contributed by atoms with Crippen molar-refractivity contribution in [3.05, 3.63) is 34.9 Å². The molecule has 0 aromatic heterocycles. The van der Waals surface area contributed by atoms with Crippen molar-refractivity contribution in [2.24, 2.45) is 5.73 Å². The molecule has 3 nitrogen and oxygen atoms in total. The van der Waals surface area contributed by atoms with Crippen LogP contribution in [0.15, 0.2) is 24.3 Å². The number of rotatable bonds is 4. The molecule has 98 valence electrons. The summed E-state index contributed by atoms with van der Waals surface area (Å²) < 4.78 is 0. The maximum atomic E-state index is 11.9. The number of nitrogens with two attached hydrogens (primary N) is 1. The van der Waals surface area contributed by atoms with Crippen molar-refractivity contribution in [2.45, 2.75) is 44.2 Å². The average molecular weight is 267 g/mol. The van der Waals surface area contributed by atoms with Gasteiger partial charge in [-0.3, -0.25) is 4.79 Å². The fourth-order valence-corrected chi connectivity index (χ4v) is 2.48. The summed E-state index contributed by atoms with van der Waals surface area (Å²) in [4.78, 5) is 11.9. The smallest absolute Gasteiger partial charge is 0.222 e. The maximum absolute atomic E-state index is 11.9. The van der Waals surface area contributed by atoms with Gasteiger partial charge in [-0.25, -0.2) is 0 Å². The molecule has 0 unspecified atom stereocenters. The summed E-state index contributed by atoms with van der Waals surface area (Å²) >= 11 is 5.93. The summed E-state index contributed by atoms with van der Waals surface area (Å²) in [7, 11) is 0. The third-order valence-electron chi connectivity index (χ3n) is 3.59. The Kier molecular flexibility index (Phi) is 3.93. The third-order valence-corrected chi connectivity index (χ3v) is 3.82. The predicted molar refractivity (Wildman–Crippen MR) is 73.4 cm³/mol. The maximum Gasteiger partial charge on any atom is 0.222 e. The highest BCUT2D eigenvalue weighted by Gasteiger charge is 2.34. The summed E-state index contributed by atoms with van der Waals surface area (Å²) in [5.74, 6) is 0.0182. The monoisotopic (exact) mass is 266 g/mol. The molecule has 0 bridgehead atoms. The van der Waals surface area contributed by atoms with Gasteiger partial charge in [-0.05, 0) is 43.9 Å². The van der Waals surface area contributed by atoms with Crippen LogP contribution < -0.4 is 11.1 Å². The zero-order valence-corrected chi connectivity index (χ0v) is 11.3. The topological polar surface area (TPSA) is 55.1 Å². The number of benzene rings is 1. The Balaban J connectivity index is 1.90. The van der Waals surface area contributed by atoms with Gasteiger partial charge in [-0.2, -0.15) is 0 Å². The van der Waals surface area contributed by atoms with Gasteiger partial charge < -0.3 is 11.1 Å². The molecular weight excluding hydrogens is 248 g/mol. The van der Waals surface area contributed by atoms with E-state index >= 15 is 0 Å². The number of halogens is 1. The second-order valence-corrected chi connectivity index (χ2v) is 5.67. The van der Waals surface area contributed by atoms with Gasteiger partial charge in [-0.1, -0.05) is 23.7 Å². The van der Waals surface area contributed by atoms with Crippen molar-refractivity contribution in [3.8, 4) is 0 Å². The van der Waals surface area contributed by atoms with Gasteiger partial charge in [0.2, 0.25) is 5.91 Å². The van der Waals surface area contributed by atoms with E-state index in [1.807, 2.05) is 31.2 Å². The summed E-state index contributed by atoms with van der Waals surface area (Å²) in [6.07, 6.45) is 3.45. The highest BCUT2D eigenvalue weighted by Crippen LogP contribution is 2.32. The van der Waals surface area contributed by atoms with Gasteiger partial charge in [0.1, 0.15) is 0 Å². The second kappa shape index (κ2) is 5.29. The van der Waals surface area contributed by atoms with E-state index in [0.717, 1.165) is 24.8 Å². The highest BCUT2D eigenvalue weighted by molar-refractivity contribution is 6.30. The van der Waals surface area contributed by atoms with Gasteiger partial charge >= 0.3 is 0 Å². The van der Waals surface area contributed by atoms with Crippen LogP contribution >= 0.6 is 11.6 Å². The molecule has 1 fully saturated rings. The molecule has 0 heterocycles. The Morgan fingerprint density at radius 3 is 2.83 bits per heavy atom. The van der Waals surface area contributed by atoms with Crippen LogP contribution in [-0.4, -0.2) is 11.4 Å². The third kappa shape index (κ3) is 3.24. The number of hydrogen-bond acceptors (Lipinski definition) is 2. The minimum absolute atomic E-state index is 0.0182. The summed E-state index contributed by atoms with van der Waals surface area (Å²) in [6, 6.07) is 7.49. The first kappa shape index (κ1) is 13.4. The SMILES string of the molecule is C[C@H](NC(=O)CC1(N)CCC1)c1cccc(Cl)c1. The lowest BCUT2D eigenvalue weighted by Crippen LogP contribution is -2.50. The van der Waals surface area contributed by atoms with E-state index < -0.39 is 0 Å². The first-order valence-corrected chi connectivity index (χ1v) is 6.70. The molecule has 1 aliphatic rings. The molecule has 2 rings (SSSR count). The summed E-state index contributed by atoms with van der Waals surface area (Å²) in [5, 5.41) is 3.65. The van der Waals surface area contributed by atoms with Crippen LogP contribution in [0.1, 0.15) is 44.2 Å². The zero-order chi connectivity index (χ0) is 13.2. The van der Waals surface area contributed by atoms with Gasteiger partial charge in [0.05, 0.1) is 6.04 Å². The molecule has 0 aliphatic heterocycles. The van der Waals surface area contributed by atoms with E-state index in [4.69, 9.17) is 17.3 Å². The van der Waals surface area contributed by atoms with E-state index in [1.165, 1.54) is 0 Å². The van der Waals surface area contributed by atoms with E-state index in [0.29, 0.717) is 11.4 Å². The van der Waals surface area contributed by atoms with E-state index in [9.17, 15) is 4.79 Å². The van der Waals surface area contributed by atoms with Crippen molar-refractivity contribution < 1.29 is 4.79 Å². The molecule has 1 aromatic carbocycles. The standard InChI is InChI=1S/C14H19ClN2O/c1-10(11-4-2-5-12(15)8-11)17-13(18)9-14(16)6-3-7-14/h2,4-5,8,10H,3,6-7,9,16H2,1H3,(H,17,18)/t10-/m0/s1. The summed E-state index contributed by atoms with van der Waals surface area (Å²) in [5.41, 5.74) is 6.80. The van der Waals surface area contributed by atoms with E-state index in [2.05, 4.69) is 5.32 Å². The lowest BCUT2D eigenvalue weighted by Gasteiger charge is -2.37. The largest absolute Gasteiger partial charge is 0.350 e. The first-order chi connectivity index (χ1) is 8.48. The first-order valence-electron chi connectivity index (χ1n) is 6.32. The van der Waals surface area contributed by atoms with Crippen molar-refractivity contribution >= 4 is 17.5 Å². The Bertz CT molecular complexity index is 443. The van der Waals surface area contributed by atoms with Crippen molar-refractivity contribution in [1.82, 2.24) is 5.32 Å². The average Bonchev–Trinajstić information content (AvgIpc) is 2.26. The number of hydrogen-bond donors (Lipinski definition) is 2. The number of nitrogens with one attached hydrogen (secondary N) is 1. The Labute approximate surface area is 113 Å². The van der Waals surface area contributed by atoms with Crippen molar-refractivity contribution in [1.29, 1.82) is 0 Å². The molecule has 1 aliphatic carbocycles. The normalized spacial score (nSPS) is 18.8. The molecule has 4 heteroatoms. The number of carbonyl (C=O) groups excluding carboxylic acids is 1. The molecule has 18 heavy (non-hydrogen) atoms. The second-order valence-electron chi connectivity index (χ2n) is 5.24.